The van der Waals surface area contributed by atoms with Crippen LogP contribution < -0.4 is 14.5 Å². The van der Waals surface area contributed by atoms with E-state index < -0.39 is 34.5 Å². The van der Waals surface area contributed by atoms with E-state index >= 15 is 0 Å². The first-order valence-corrected chi connectivity index (χ1v) is 11.5. The number of nitrogens with zero attached hydrogens (tertiary/aromatic N) is 3. The quantitative estimate of drug-likeness (QED) is 0.514. The maximum atomic E-state index is 13.5. The Morgan fingerprint density at radius 1 is 1.14 bits per heavy atom. The molecular weight excluding hydrogens is 495 g/mol. The summed E-state index contributed by atoms with van der Waals surface area (Å²) in [7, 11) is 0. The smallest absolute Gasteiger partial charge is 0.417 e. The topological polar surface area (TPSA) is 75.0 Å². The van der Waals surface area contributed by atoms with Crippen molar-refractivity contribution >= 4 is 34.6 Å². The van der Waals surface area contributed by atoms with Gasteiger partial charge in [-0.1, -0.05) is 0 Å². The second kappa shape index (κ2) is 9.03. The van der Waals surface area contributed by atoms with Crippen molar-refractivity contribution in [1.82, 2.24) is 0 Å². The van der Waals surface area contributed by atoms with Crippen molar-refractivity contribution in [2.24, 2.45) is 0 Å². The summed E-state index contributed by atoms with van der Waals surface area (Å²) < 4.78 is 57.5. The van der Waals surface area contributed by atoms with Gasteiger partial charge < -0.3 is 19.1 Å². The molecule has 2 aromatic carbocycles. The van der Waals surface area contributed by atoms with Crippen LogP contribution in [0.5, 0.6) is 5.75 Å². The fourth-order valence-corrected chi connectivity index (χ4v) is 4.71. The highest BCUT2D eigenvalue weighted by Crippen LogP contribution is 2.40. The molecule has 11 heteroatoms. The predicted molar refractivity (Wildman–Crippen MR) is 130 cm³/mol. The molecule has 2 aliphatic rings. The third-order valence-corrected chi connectivity index (χ3v) is 6.32. The Hall–Kier alpha value is -3.20. The van der Waals surface area contributed by atoms with E-state index in [1.807, 2.05) is 13.8 Å². The zero-order chi connectivity index (χ0) is 26.5. The van der Waals surface area contributed by atoms with Crippen LogP contribution in [0, 0.1) is 11.3 Å². The van der Waals surface area contributed by atoms with Crippen molar-refractivity contribution in [1.29, 1.82) is 5.26 Å². The third kappa shape index (κ3) is 4.76. The molecule has 190 valence electrons. The summed E-state index contributed by atoms with van der Waals surface area (Å²) in [5, 5.41) is 9.10. The monoisotopic (exact) mass is 519 g/mol. The molecule has 2 aliphatic heterocycles. The van der Waals surface area contributed by atoms with E-state index in [2.05, 4.69) is 0 Å². The Morgan fingerprint density at radius 3 is 2.33 bits per heavy atom. The standard InChI is InChI=1S/C25H24F3N3O4S/c1-23(2)21(32)30(17-6-5-15(12-29)20(11-17)25(26,27)28)22(36)31(23)16-7-9-18(10-8-16)33-13-19-14-34-24(3,4)35-19/h5-11,19H,13-14H2,1-4H3/t19-/m1/s1. The van der Waals surface area contributed by atoms with Gasteiger partial charge in [0.25, 0.3) is 5.91 Å². The number of carbonyl (C=O) groups excluding carboxylic acids is 1. The molecule has 2 aromatic rings. The highest BCUT2D eigenvalue weighted by molar-refractivity contribution is 7.81. The minimum Gasteiger partial charge on any atom is -0.491 e. The molecule has 0 unspecified atom stereocenters. The maximum absolute atomic E-state index is 13.5. The summed E-state index contributed by atoms with van der Waals surface area (Å²) in [5.41, 5.74) is -2.33. The van der Waals surface area contributed by atoms with Gasteiger partial charge >= 0.3 is 6.18 Å². The van der Waals surface area contributed by atoms with Crippen LogP contribution in [0.2, 0.25) is 0 Å². The number of thiocarbonyl (C=S) groups is 1. The zero-order valence-electron chi connectivity index (χ0n) is 20.0. The Bertz CT molecular complexity index is 1240. The van der Waals surface area contributed by atoms with E-state index in [9.17, 15) is 18.0 Å². The molecule has 1 atom stereocenters. The van der Waals surface area contributed by atoms with Gasteiger partial charge in [-0.25, -0.2) is 0 Å². The second-order valence-corrected chi connectivity index (χ2v) is 9.78. The average molecular weight is 520 g/mol. The van der Waals surface area contributed by atoms with Crippen LogP contribution in [0.15, 0.2) is 42.5 Å². The number of amides is 1. The molecular formula is C25H24F3N3O4S. The molecule has 4 rings (SSSR count). The lowest BCUT2D eigenvalue weighted by atomic mass is 10.0. The summed E-state index contributed by atoms with van der Waals surface area (Å²) in [6.07, 6.45) is -4.97. The fourth-order valence-electron chi connectivity index (χ4n) is 4.19. The second-order valence-electron chi connectivity index (χ2n) is 9.41. The lowest BCUT2D eigenvalue weighted by molar-refractivity contribution is -0.141. The van der Waals surface area contributed by atoms with Crippen LogP contribution in [-0.4, -0.2) is 41.7 Å². The van der Waals surface area contributed by atoms with E-state index in [4.69, 9.17) is 31.7 Å². The summed E-state index contributed by atoms with van der Waals surface area (Å²) in [6, 6.07) is 11.5. The molecule has 2 fully saturated rings. The lowest BCUT2D eigenvalue weighted by Gasteiger charge is -2.29. The minimum absolute atomic E-state index is 0.0234. The maximum Gasteiger partial charge on any atom is 0.417 e. The molecule has 0 bridgehead atoms. The number of hydrogen-bond acceptors (Lipinski definition) is 6. The molecule has 1 amide bonds. The number of carbonyl (C=O) groups is 1. The van der Waals surface area contributed by atoms with Crippen molar-refractivity contribution in [3.8, 4) is 11.8 Å². The number of ether oxygens (including phenoxy) is 3. The van der Waals surface area contributed by atoms with Crippen molar-refractivity contribution in [3.63, 3.8) is 0 Å². The molecule has 0 N–H and O–H groups in total. The van der Waals surface area contributed by atoms with E-state index in [0.29, 0.717) is 24.7 Å². The van der Waals surface area contributed by atoms with Crippen LogP contribution >= 0.6 is 12.2 Å². The number of rotatable bonds is 5. The van der Waals surface area contributed by atoms with Gasteiger partial charge in [0.2, 0.25) is 0 Å². The first kappa shape index (κ1) is 25.9. The largest absolute Gasteiger partial charge is 0.491 e. The molecule has 0 radical (unpaired) electrons. The van der Waals surface area contributed by atoms with Gasteiger partial charge in [-0.15, -0.1) is 0 Å². The number of hydrogen-bond donors (Lipinski definition) is 0. The van der Waals surface area contributed by atoms with Gasteiger partial charge in [0.1, 0.15) is 24.0 Å². The Labute approximate surface area is 211 Å². The summed E-state index contributed by atoms with van der Waals surface area (Å²) >= 11 is 5.55. The van der Waals surface area contributed by atoms with Gasteiger partial charge in [-0.2, -0.15) is 18.4 Å². The fraction of sp³-hybridized carbons (Fsp3) is 0.400. The SMILES string of the molecule is CC1(C)OC[C@@H](COc2ccc(N3C(=S)N(c4ccc(C#N)c(C(F)(F)F)c4)C(=O)C3(C)C)cc2)O1. The van der Waals surface area contributed by atoms with E-state index in [1.54, 1.807) is 43.0 Å². The first-order chi connectivity index (χ1) is 16.7. The number of alkyl halides is 3. The van der Waals surface area contributed by atoms with Crippen LogP contribution in [0.25, 0.3) is 0 Å². The lowest BCUT2D eigenvalue weighted by Crippen LogP contribution is -2.44. The Morgan fingerprint density at radius 2 is 1.78 bits per heavy atom. The molecule has 0 aromatic heterocycles. The molecule has 2 heterocycles. The average Bonchev–Trinajstić information content (AvgIpc) is 3.24. The summed E-state index contributed by atoms with van der Waals surface area (Å²) in [5.74, 6) is -0.574. The zero-order valence-corrected chi connectivity index (χ0v) is 20.9. The van der Waals surface area contributed by atoms with Gasteiger partial charge in [0.15, 0.2) is 10.9 Å². The van der Waals surface area contributed by atoms with Gasteiger partial charge in [-0.3, -0.25) is 9.69 Å². The number of benzene rings is 2. The van der Waals surface area contributed by atoms with E-state index in [-0.39, 0.29) is 16.9 Å². The minimum atomic E-state index is -4.76. The Balaban J connectivity index is 1.56. The molecule has 0 aliphatic carbocycles. The first-order valence-electron chi connectivity index (χ1n) is 11.1. The molecule has 0 saturated carbocycles. The van der Waals surface area contributed by atoms with Gasteiger partial charge in [0, 0.05) is 5.69 Å². The van der Waals surface area contributed by atoms with E-state index in [1.165, 1.54) is 12.1 Å². The number of anilines is 2. The van der Waals surface area contributed by atoms with Crippen molar-refractivity contribution in [2.75, 3.05) is 23.0 Å². The third-order valence-electron chi connectivity index (χ3n) is 5.95. The number of halogens is 3. The van der Waals surface area contributed by atoms with E-state index in [0.717, 1.165) is 17.0 Å². The van der Waals surface area contributed by atoms with Gasteiger partial charge in [0.05, 0.1) is 29.5 Å². The van der Waals surface area contributed by atoms with Crippen LogP contribution in [-0.2, 0) is 20.4 Å². The predicted octanol–water partition coefficient (Wildman–Crippen LogP) is 5.02. The summed E-state index contributed by atoms with van der Waals surface area (Å²) in [4.78, 5) is 16.0. The highest BCUT2D eigenvalue weighted by atomic mass is 32.1. The normalized spacial score (nSPS) is 21.1. The van der Waals surface area contributed by atoms with Crippen LogP contribution in [0.4, 0.5) is 24.5 Å². The molecule has 36 heavy (non-hydrogen) atoms. The van der Waals surface area contributed by atoms with Gasteiger partial charge in [-0.05, 0) is 82.4 Å². The molecule has 0 spiro atoms. The van der Waals surface area contributed by atoms with Crippen LogP contribution in [0.3, 0.4) is 0 Å². The van der Waals surface area contributed by atoms with Crippen molar-refractivity contribution < 1.29 is 32.2 Å². The van der Waals surface area contributed by atoms with Crippen molar-refractivity contribution in [3.05, 3.63) is 53.6 Å². The number of nitriles is 1. The van der Waals surface area contributed by atoms with Crippen molar-refractivity contribution in [2.45, 2.75) is 51.3 Å². The Kier molecular flexibility index (Phi) is 6.49. The highest BCUT2D eigenvalue weighted by Gasteiger charge is 2.50. The molecule has 2 saturated heterocycles. The molecule has 7 nitrogen and oxygen atoms in total. The summed E-state index contributed by atoms with van der Waals surface area (Å²) in [6.45, 7) is 7.65. The van der Waals surface area contributed by atoms with Crippen LogP contribution in [0.1, 0.15) is 38.8 Å².